The first kappa shape index (κ1) is 15.4. The fraction of sp³-hybridized carbons (Fsp3) is 0.474. The van der Waals surface area contributed by atoms with E-state index < -0.39 is 0 Å². The standard InChI is InChI=1S/C19H23N3O2/c1-13-4-3-5-15(20-13)11-22-17-8-9-21(18(17)10-19(22)23)12-16-7-6-14(2)24-16/h3-7,17-18H,8-12H2,1-2H3/t17-,18-/m0/s1. The lowest BCUT2D eigenvalue weighted by Gasteiger charge is -2.25. The third-order valence-electron chi connectivity index (χ3n) is 5.16. The van der Waals surface area contributed by atoms with Gasteiger partial charge in [-0.15, -0.1) is 0 Å². The average molecular weight is 325 g/mol. The van der Waals surface area contributed by atoms with Crippen molar-refractivity contribution in [2.45, 2.75) is 51.9 Å². The molecule has 1 amide bonds. The predicted octanol–water partition coefficient (Wildman–Crippen LogP) is 2.67. The summed E-state index contributed by atoms with van der Waals surface area (Å²) in [5.74, 6) is 2.17. The van der Waals surface area contributed by atoms with E-state index in [2.05, 4.69) is 9.88 Å². The fourth-order valence-corrected chi connectivity index (χ4v) is 4.04. The quantitative estimate of drug-likeness (QED) is 0.867. The Hall–Kier alpha value is -2.14. The molecule has 2 saturated heterocycles. The van der Waals surface area contributed by atoms with E-state index in [4.69, 9.17) is 4.42 Å². The Bertz CT molecular complexity index is 755. The molecule has 0 aliphatic carbocycles. The highest BCUT2D eigenvalue weighted by atomic mass is 16.3. The van der Waals surface area contributed by atoms with Crippen molar-refractivity contribution in [2.24, 2.45) is 0 Å². The van der Waals surface area contributed by atoms with Gasteiger partial charge in [0.2, 0.25) is 5.91 Å². The number of aryl methyl sites for hydroxylation is 2. The molecular weight excluding hydrogens is 302 g/mol. The van der Waals surface area contributed by atoms with E-state index >= 15 is 0 Å². The first-order chi connectivity index (χ1) is 11.6. The van der Waals surface area contributed by atoms with E-state index in [1.165, 1.54) is 0 Å². The monoisotopic (exact) mass is 325 g/mol. The van der Waals surface area contributed by atoms with Crippen LogP contribution in [0.5, 0.6) is 0 Å². The van der Waals surface area contributed by atoms with E-state index in [9.17, 15) is 4.79 Å². The molecule has 126 valence electrons. The van der Waals surface area contributed by atoms with Crippen LogP contribution in [0.2, 0.25) is 0 Å². The molecule has 4 rings (SSSR count). The number of rotatable bonds is 4. The van der Waals surface area contributed by atoms with Crippen LogP contribution in [-0.2, 0) is 17.9 Å². The summed E-state index contributed by atoms with van der Waals surface area (Å²) in [4.78, 5) is 21.5. The third kappa shape index (κ3) is 2.84. The number of nitrogens with zero attached hydrogens (tertiary/aromatic N) is 3. The molecule has 5 heteroatoms. The van der Waals surface area contributed by atoms with Crippen molar-refractivity contribution >= 4 is 5.91 Å². The highest BCUT2D eigenvalue weighted by Crippen LogP contribution is 2.34. The van der Waals surface area contributed by atoms with E-state index in [0.29, 0.717) is 25.0 Å². The second kappa shape index (κ2) is 6.06. The van der Waals surface area contributed by atoms with Gasteiger partial charge in [-0.3, -0.25) is 14.7 Å². The molecule has 0 spiro atoms. The normalized spacial score (nSPS) is 23.9. The number of aromatic nitrogens is 1. The molecule has 5 nitrogen and oxygen atoms in total. The zero-order valence-electron chi connectivity index (χ0n) is 14.2. The molecular formula is C19H23N3O2. The van der Waals surface area contributed by atoms with Gasteiger partial charge in [-0.05, 0) is 44.5 Å². The Labute approximate surface area is 142 Å². The van der Waals surface area contributed by atoms with Gasteiger partial charge in [0, 0.05) is 30.7 Å². The Kier molecular flexibility index (Phi) is 3.88. The first-order valence-electron chi connectivity index (χ1n) is 8.61. The molecule has 4 heterocycles. The van der Waals surface area contributed by atoms with Gasteiger partial charge in [0.05, 0.1) is 18.8 Å². The summed E-state index contributed by atoms with van der Waals surface area (Å²) in [6.45, 7) is 6.38. The van der Waals surface area contributed by atoms with Crippen LogP contribution in [0.3, 0.4) is 0 Å². The molecule has 2 aliphatic heterocycles. The van der Waals surface area contributed by atoms with Gasteiger partial charge in [0.25, 0.3) is 0 Å². The Morgan fingerprint density at radius 2 is 2.04 bits per heavy atom. The highest BCUT2D eigenvalue weighted by molar-refractivity contribution is 5.80. The molecule has 24 heavy (non-hydrogen) atoms. The highest BCUT2D eigenvalue weighted by Gasteiger charge is 2.46. The molecule has 0 saturated carbocycles. The SMILES string of the molecule is Cc1cccc(CN2C(=O)C[C@H]3[C@@H]2CCN3Cc2ccc(C)o2)n1. The van der Waals surface area contributed by atoms with Gasteiger partial charge in [-0.25, -0.2) is 0 Å². The van der Waals surface area contributed by atoms with Crippen molar-refractivity contribution in [3.05, 3.63) is 53.2 Å². The van der Waals surface area contributed by atoms with E-state index in [0.717, 1.165) is 42.4 Å². The molecule has 2 aromatic rings. The van der Waals surface area contributed by atoms with E-state index in [1.54, 1.807) is 0 Å². The average Bonchev–Trinajstić information content (AvgIpc) is 3.20. The van der Waals surface area contributed by atoms with Gasteiger partial charge < -0.3 is 9.32 Å². The third-order valence-corrected chi connectivity index (χ3v) is 5.16. The minimum absolute atomic E-state index is 0.244. The largest absolute Gasteiger partial charge is 0.465 e. The molecule has 2 fully saturated rings. The molecule has 2 aromatic heterocycles. The van der Waals surface area contributed by atoms with Crippen LogP contribution in [0.15, 0.2) is 34.7 Å². The van der Waals surface area contributed by atoms with Crippen LogP contribution in [0, 0.1) is 13.8 Å². The van der Waals surface area contributed by atoms with Gasteiger partial charge in [-0.2, -0.15) is 0 Å². The topological polar surface area (TPSA) is 49.6 Å². The van der Waals surface area contributed by atoms with Crippen LogP contribution in [0.25, 0.3) is 0 Å². The van der Waals surface area contributed by atoms with Crippen molar-refractivity contribution in [1.29, 1.82) is 0 Å². The number of pyridine rings is 1. The second-order valence-electron chi connectivity index (χ2n) is 6.90. The minimum atomic E-state index is 0.244. The lowest BCUT2D eigenvalue weighted by atomic mass is 10.1. The van der Waals surface area contributed by atoms with Crippen molar-refractivity contribution in [3.8, 4) is 0 Å². The number of amides is 1. The van der Waals surface area contributed by atoms with Crippen molar-refractivity contribution in [1.82, 2.24) is 14.8 Å². The van der Waals surface area contributed by atoms with Crippen LogP contribution in [0.1, 0.15) is 35.7 Å². The molecule has 2 atom stereocenters. The fourth-order valence-electron chi connectivity index (χ4n) is 4.04. The minimum Gasteiger partial charge on any atom is -0.465 e. The maximum absolute atomic E-state index is 12.5. The summed E-state index contributed by atoms with van der Waals surface area (Å²) in [5.41, 5.74) is 1.97. The summed E-state index contributed by atoms with van der Waals surface area (Å²) in [6.07, 6.45) is 1.64. The Morgan fingerprint density at radius 3 is 2.79 bits per heavy atom. The summed E-state index contributed by atoms with van der Waals surface area (Å²) in [7, 11) is 0. The van der Waals surface area contributed by atoms with Gasteiger partial charge in [0.15, 0.2) is 0 Å². The van der Waals surface area contributed by atoms with Crippen LogP contribution < -0.4 is 0 Å². The number of hydrogen-bond donors (Lipinski definition) is 0. The van der Waals surface area contributed by atoms with E-state index in [1.807, 2.05) is 49.1 Å². The summed E-state index contributed by atoms with van der Waals surface area (Å²) < 4.78 is 5.71. The maximum atomic E-state index is 12.5. The number of hydrogen-bond acceptors (Lipinski definition) is 4. The molecule has 2 aliphatic rings. The van der Waals surface area contributed by atoms with Gasteiger partial charge >= 0.3 is 0 Å². The van der Waals surface area contributed by atoms with Crippen LogP contribution >= 0.6 is 0 Å². The summed E-state index contributed by atoms with van der Waals surface area (Å²) in [6, 6.07) is 10.6. The molecule has 0 radical (unpaired) electrons. The lowest BCUT2D eigenvalue weighted by Crippen LogP contribution is -2.36. The van der Waals surface area contributed by atoms with Crippen molar-refractivity contribution in [2.75, 3.05) is 6.54 Å². The van der Waals surface area contributed by atoms with Gasteiger partial charge in [0.1, 0.15) is 11.5 Å². The molecule has 0 aromatic carbocycles. The summed E-state index contributed by atoms with van der Waals surface area (Å²) in [5, 5.41) is 0. The summed E-state index contributed by atoms with van der Waals surface area (Å²) >= 11 is 0. The number of furan rings is 1. The van der Waals surface area contributed by atoms with E-state index in [-0.39, 0.29) is 5.91 Å². The second-order valence-corrected chi connectivity index (χ2v) is 6.90. The Morgan fingerprint density at radius 1 is 1.17 bits per heavy atom. The molecule has 0 N–H and O–H groups in total. The number of carbonyl (C=O) groups is 1. The zero-order chi connectivity index (χ0) is 16.7. The smallest absolute Gasteiger partial charge is 0.224 e. The van der Waals surface area contributed by atoms with Gasteiger partial charge in [-0.1, -0.05) is 6.07 Å². The van der Waals surface area contributed by atoms with Crippen LogP contribution in [-0.4, -0.2) is 39.3 Å². The number of carbonyl (C=O) groups excluding carboxylic acids is 1. The maximum Gasteiger partial charge on any atom is 0.224 e. The first-order valence-corrected chi connectivity index (χ1v) is 8.61. The predicted molar refractivity (Wildman–Crippen MR) is 90.2 cm³/mol. The molecule has 0 unspecified atom stereocenters. The molecule has 0 bridgehead atoms. The lowest BCUT2D eigenvalue weighted by molar-refractivity contribution is -0.129. The zero-order valence-corrected chi connectivity index (χ0v) is 14.2. The number of fused-ring (bicyclic) bond motifs is 1. The van der Waals surface area contributed by atoms with Crippen molar-refractivity contribution in [3.63, 3.8) is 0 Å². The Balaban J connectivity index is 1.47. The van der Waals surface area contributed by atoms with Crippen LogP contribution in [0.4, 0.5) is 0 Å². The number of likely N-dealkylation sites (tertiary alicyclic amines) is 2. The van der Waals surface area contributed by atoms with Crippen molar-refractivity contribution < 1.29 is 9.21 Å².